The number of esters is 1. The number of rotatable bonds is 4. The summed E-state index contributed by atoms with van der Waals surface area (Å²) in [5.74, 6) is 3.18. The number of ether oxygens (including phenoxy) is 1. The van der Waals surface area contributed by atoms with Crippen molar-refractivity contribution in [3.8, 4) is 0 Å². The summed E-state index contributed by atoms with van der Waals surface area (Å²) in [7, 11) is 1.46. The normalized spacial score (nSPS) is 45.2. The van der Waals surface area contributed by atoms with Crippen LogP contribution in [0.15, 0.2) is 0 Å². The van der Waals surface area contributed by atoms with Crippen molar-refractivity contribution in [2.24, 2.45) is 46.3 Å². The first-order valence-electron chi connectivity index (χ1n) is 11.8. The number of hydrogen-bond donors (Lipinski definition) is 0. The standard InChI is InChI=1S/C25H38O4/c1-15(5-8-22(28)29-4)18-6-7-19-23-20(10-12-25(18,19)3)24(2)11-9-17(26)13-16(24)14-21(23)27/h15-16,18-20,23H,5-14H2,1-4H3/t15-,16?,18-,19?,20?,23?,24+,25-/m1/s1. The van der Waals surface area contributed by atoms with E-state index in [-0.39, 0.29) is 28.6 Å². The van der Waals surface area contributed by atoms with E-state index in [0.717, 1.165) is 25.7 Å². The fourth-order valence-electron chi connectivity index (χ4n) is 8.35. The van der Waals surface area contributed by atoms with Crippen LogP contribution in [0.25, 0.3) is 0 Å². The highest BCUT2D eigenvalue weighted by molar-refractivity contribution is 5.86. The lowest BCUT2D eigenvalue weighted by atomic mass is 9.44. The van der Waals surface area contributed by atoms with Crippen LogP contribution in [0.4, 0.5) is 0 Å². The van der Waals surface area contributed by atoms with E-state index in [1.54, 1.807) is 0 Å². The molecule has 8 atom stereocenters. The minimum Gasteiger partial charge on any atom is -0.469 e. The maximum absolute atomic E-state index is 13.4. The molecular weight excluding hydrogens is 364 g/mol. The third-order valence-electron chi connectivity index (χ3n) is 10.1. The Labute approximate surface area is 175 Å². The molecule has 4 aliphatic carbocycles. The minimum absolute atomic E-state index is 0.117. The Kier molecular flexibility index (Phi) is 5.44. The topological polar surface area (TPSA) is 60.4 Å². The highest BCUT2D eigenvalue weighted by Crippen LogP contribution is 2.67. The summed E-state index contributed by atoms with van der Waals surface area (Å²) in [4.78, 5) is 37.1. The Bertz CT molecular complexity index is 699. The zero-order valence-electron chi connectivity index (χ0n) is 18.7. The van der Waals surface area contributed by atoms with Gasteiger partial charge in [0.1, 0.15) is 11.6 Å². The van der Waals surface area contributed by atoms with Crippen molar-refractivity contribution < 1.29 is 19.1 Å². The summed E-state index contributed by atoms with van der Waals surface area (Å²) in [6.07, 6.45) is 8.96. The predicted molar refractivity (Wildman–Crippen MR) is 111 cm³/mol. The van der Waals surface area contributed by atoms with Crippen LogP contribution in [0.3, 0.4) is 0 Å². The molecule has 0 aromatic heterocycles. The second-order valence-corrected chi connectivity index (χ2v) is 11.2. The van der Waals surface area contributed by atoms with Gasteiger partial charge in [0, 0.05) is 31.6 Å². The quantitative estimate of drug-likeness (QED) is 0.622. The van der Waals surface area contributed by atoms with Crippen LogP contribution in [-0.4, -0.2) is 24.6 Å². The zero-order chi connectivity index (χ0) is 21.0. The van der Waals surface area contributed by atoms with Crippen LogP contribution in [0.1, 0.15) is 85.0 Å². The van der Waals surface area contributed by atoms with E-state index in [1.807, 2.05) is 0 Å². The van der Waals surface area contributed by atoms with Crippen molar-refractivity contribution >= 4 is 17.5 Å². The summed E-state index contributed by atoms with van der Waals surface area (Å²) < 4.78 is 4.84. The molecule has 0 aliphatic heterocycles. The smallest absolute Gasteiger partial charge is 0.305 e. The van der Waals surface area contributed by atoms with Crippen LogP contribution in [0.5, 0.6) is 0 Å². The second kappa shape index (κ2) is 7.50. The van der Waals surface area contributed by atoms with Crippen LogP contribution >= 0.6 is 0 Å². The molecule has 162 valence electrons. The van der Waals surface area contributed by atoms with E-state index in [1.165, 1.54) is 20.0 Å². The largest absolute Gasteiger partial charge is 0.469 e. The lowest BCUT2D eigenvalue weighted by Crippen LogP contribution is -2.57. The van der Waals surface area contributed by atoms with E-state index in [9.17, 15) is 14.4 Å². The molecule has 0 radical (unpaired) electrons. The van der Waals surface area contributed by atoms with E-state index >= 15 is 0 Å². The van der Waals surface area contributed by atoms with Crippen molar-refractivity contribution in [3.05, 3.63) is 0 Å². The lowest BCUT2D eigenvalue weighted by molar-refractivity contribution is -0.159. The van der Waals surface area contributed by atoms with Crippen LogP contribution < -0.4 is 0 Å². The van der Waals surface area contributed by atoms with Crippen LogP contribution in [0, 0.1) is 46.3 Å². The number of carbonyl (C=O) groups excluding carboxylic acids is 3. The van der Waals surface area contributed by atoms with Gasteiger partial charge >= 0.3 is 5.97 Å². The van der Waals surface area contributed by atoms with Gasteiger partial charge in [0.2, 0.25) is 0 Å². The highest BCUT2D eigenvalue weighted by atomic mass is 16.5. The van der Waals surface area contributed by atoms with E-state index < -0.39 is 0 Å². The molecule has 0 bridgehead atoms. The number of ketones is 2. The first-order valence-corrected chi connectivity index (χ1v) is 11.8. The number of carbonyl (C=O) groups is 3. The molecule has 29 heavy (non-hydrogen) atoms. The third-order valence-corrected chi connectivity index (χ3v) is 10.1. The predicted octanol–water partition coefficient (Wildman–Crippen LogP) is 4.98. The first kappa shape index (κ1) is 21.1. The van der Waals surface area contributed by atoms with E-state index in [0.29, 0.717) is 60.9 Å². The Morgan fingerprint density at radius 1 is 1.07 bits per heavy atom. The molecule has 0 spiro atoms. The Morgan fingerprint density at radius 2 is 1.79 bits per heavy atom. The summed E-state index contributed by atoms with van der Waals surface area (Å²) >= 11 is 0. The Hall–Kier alpha value is -1.19. The number of Topliss-reactive ketones (excluding diaryl/α,β-unsaturated/α-hetero) is 2. The summed E-state index contributed by atoms with van der Waals surface area (Å²) in [6, 6.07) is 0. The molecule has 4 aliphatic rings. The number of hydrogen-bond acceptors (Lipinski definition) is 4. The zero-order valence-corrected chi connectivity index (χ0v) is 18.7. The van der Waals surface area contributed by atoms with Crippen molar-refractivity contribution in [1.29, 1.82) is 0 Å². The van der Waals surface area contributed by atoms with Gasteiger partial charge in [0.25, 0.3) is 0 Å². The van der Waals surface area contributed by atoms with E-state index in [4.69, 9.17) is 4.74 Å². The van der Waals surface area contributed by atoms with Gasteiger partial charge in [-0.2, -0.15) is 0 Å². The van der Waals surface area contributed by atoms with Crippen LogP contribution in [-0.2, 0) is 19.1 Å². The van der Waals surface area contributed by atoms with Gasteiger partial charge in [0.05, 0.1) is 7.11 Å². The SMILES string of the molecule is COC(=O)CC[C@@H](C)[C@H]1CCC2C3C(=O)CC4CC(=O)CC[C@]4(C)C3CC[C@@]21C. The number of fused-ring (bicyclic) bond motifs is 5. The first-order chi connectivity index (χ1) is 13.7. The molecule has 4 rings (SSSR count). The summed E-state index contributed by atoms with van der Waals surface area (Å²) in [6.45, 7) is 7.12. The lowest BCUT2D eigenvalue weighted by Gasteiger charge is -2.59. The maximum atomic E-state index is 13.4. The van der Waals surface area contributed by atoms with Gasteiger partial charge in [-0.25, -0.2) is 0 Å². The summed E-state index contributed by atoms with van der Waals surface area (Å²) in [5.41, 5.74) is 0.377. The molecule has 4 saturated carbocycles. The second-order valence-electron chi connectivity index (χ2n) is 11.2. The Balaban J connectivity index is 1.54. The van der Waals surface area contributed by atoms with Crippen molar-refractivity contribution in [2.75, 3.05) is 7.11 Å². The monoisotopic (exact) mass is 402 g/mol. The molecule has 0 amide bonds. The molecule has 0 heterocycles. The molecule has 0 saturated heterocycles. The van der Waals surface area contributed by atoms with Crippen molar-refractivity contribution in [2.45, 2.75) is 85.0 Å². The average molecular weight is 403 g/mol. The minimum atomic E-state index is -0.117. The van der Waals surface area contributed by atoms with Gasteiger partial charge in [-0.05, 0) is 78.9 Å². The van der Waals surface area contributed by atoms with Gasteiger partial charge in [0.15, 0.2) is 0 Å². The summed E-state index contributed by atoms with van der Waals surface area (Å²) in [5, 5.41) is 0. The van der Waals surface area contributed by atoms with Gasteiger partial charge in [-0.1, -0.05) is 20.8 Å². The van der Waals surface area contributed by atoms with Gasteiger partial charge < -0.3 is 4.74 Å². The van der Waals surface area contributed by atoms with Gasteiger partial charge in [-0.3, -0.25) is 14.4 Å². The van der Waals surface area contributed by atoms with Crippen molar-refractivity contribution in [1.82, 2.24) is 0 Å². The molecule has 4 unspecified atom stereocenters. The average Bonchev–Trinajstić information content (AvgIpc) is 3.04. The number of methoxy groups -OCH3 is 1. The molecule has 0 N–H and O–H groups in total. The molecule has 4 heteroatoms. The molecule has 4 fully saturated rings. The molecule has 0 aromatic rings. The van der Waals surface area contributed by atoms with E-state index in [2.05, 4.69) is 20.8 Å². The Morgan fingerprint density at radius 3 is 2.52 bits per heavy atom. The van der Waals surface area contributed by atoms with Crippen LogP contribution in [0.2, 0.25) is 0 Å². The molecule has 4 nitrogen and oxygen atoms in total. The molecular formula is C25H38O4. The van der Waals surface area contributed by atoms with Gasteiger partial charge in [-0.15, -0.1) is 0 Å². The highest BCUT2D eigenvalue weighted by Gasteiger charge is 2.63. The maximum Gasteiger partial charge on any atom is 0.305 e. The fraction of sp³-hybridized carbons (Fsp3) is 0.880. The fourth-order valence-corrected chi connectivity index (χ4v) is 8.35. The third kappa shape index (κ3) is 3.29. The molecule has 0 aromatic carbocycles. The van der Waals surface area contributed by atoms with Crippen molar-refractivity contribution in [3.63, 3.8) is 0 Å².